The number of hydrogen-bond donors (Lipinski definition) is 3. The molecule has 4 N–H and O–H groups in total. The van der Waals surface area contributed by atoms with Gasteiger partial charge in [0.15, 0.2) is 5.84 Å². The molecule has 0 aliphatic heterocycles. The number of anilines is 2. The fourth-order valence-electron chi connectivity index (χ4n) is 3.32. The van der Waals surface area contributed by atoms with Crippen molar-refractivity contribution in [1.82, 2.24) is 9.97 Å². The van der Waals surface area contributed by atoms with Crippen molar-refractivity contribution in [3.63, 3.8) is 0 Å². The van der Waals surface area contributed by atoms with Crippen LogP contribution in [0.25, 0.3) is 10.9 Å². The molecule has 160 valence electrons. The van der Waals surface area contributed by atoms with E-state index < -0.39 is 0 Å². The lowest BCUT2D eigenvalue weighted by Crippen LogP contribution is -2.00. The first-order valence-electron chi connectivity index (χ1n) is 10.1. The van der Waals surface area contributed by atoms with Gasteiger partial charge >= 0.3 is 0 Å². The van der Waals surface area contributed by atoms with Gasteiger partial charge in [0.05, 0.1) is 11.2 Å². The number of aryl methyl sites for hydroxylation is 2. The number of nitrogens with two attached hydrogens (primary N) is 1. The van der Waals surface area contributed by atoms with Crippen LogP contribution >= 0.6 is 0 Å². The van der Waals surface area contributed by atoms with Gasteiger partial charge in [-0.2, -0.15) is 5.10 Å². The van der Waals surface area contributed by atoms with Crippen LogP contribution in [0.5, 0.6) is 11.5 Å². The van der Waals surface area contributed by atoms with E-state index in [0.717, 1.165) is 27.8 Å². The largest absolute Gasteiger partial charge is 0.455 e. The van der Waals surface area contributed by atoms with Crippen LogP contribution in [0, 0.1) is 12.5 Å². The predicted molar refractivity (Wildman–Crippen MR) is 126 cm³/mol. The molecule has 0 spiro atoms. The van der Waals surface area contributed by atoms with Crippen molar-refractivity contribution in [2.45, 2.75) is 19.8 Å². The monoisotopic (exact) mass is 425 g/mol. The maximum Gasteiger partial charge on any atom is 0.170 e. The number of ether oxygens (including phenoxy) is 1. The van der Waals surface area contributed by atoms with Crippen molar-refractivity contribution < 1.29 is 4.74 Å². The topological polar surface area (TPSA) is 122 Å². The van der Waals surface area contributed by atoms with Crippen molar-refractivity contribution in [3.8, 4) is 11.5 Å². The standard InChI is InChI=1S/C24H23N7O/c1-16-22(14-18-6-2-3-8-21(18)28-16)32-20-11-12-27-24(15-20)29-19-7-4-5-17(13-19)9-10-23(30-25)31-26/h2-8,11-15,25H,9-10,26H2,1H3,(H,27,29). The highest BCUT2D eigenvalue weighted by Crippen LogP contribution is 2.29. The van der Waals surface area contributed by atoms with Gasteiger partial charge in [0.25, 0.3) is 0 Å². The molecule has 0 saturated carbocycles. The fraction of sp³-hybridized carbons (Fsp3) is 0.125. The predicted octanol–water partition coefficient (Wildman–Crippen LogP) is 5.71. The van der Waals surface area contributed by atoms with E-state index in [0.29, 0.717) is 36.0 Å². The minimum Gasteiger partial charge on any atom is -0.455 e. The van der Waals surface area contributed by atoms with E-state index in [9.17, 15) is 0 Å². The van der Waals surface area contributed by atoms with Crippen molar-refractivity contribution in [2.24, 2.45) is 16.1 Å². The average Bonchev–Trinajstić information content (AvgIpc) is 2.81. The van der Waals surface area contributed by atoms with E-state index in [1.165, 1.54) is 0 Å². The summed E-state index contributed by atoms with van der Waals surface area (Å²) < 4.78 is 6.11. The third-order valence-corrected chi connectivity index (χ3v) is 4.94. The molecule has 32 heavy (non-hydrogen) atoms. The summed E-state index contributed by atoms with van der Waals surface area (Å²) in [4.78, 5) is 9.02. The van der Waals surface area contributed by atoms with Crippen LogP contribution in [0.15, 0.2) is 83.1 Å². The smallest absolute Gasteiger partial charge is 0.170 e. The molecule has 0 amide bonds. The lowest BCUT2D eigenvalue weighted by Gasteiger charge is -2.12. The summed E-state index contributed by atoms with van der Waals surface area (Å²) in [7, 11) is 0. The minimum atomic E-state index is 0.313. The van der Waals surface area contributed by atoms with E-state index in [-0.39, 0.29) is 0 Å². The molecule has 0 fully saturated rings. The van der Waals surface area contributed by atoms with Crippen LogP contribution in [-0.4, -0.2) is 15.8 Å². The molecule has 0 unspecified atom stereocenters. The number of rotatable bonds is 7. The molecule has 2 aromatic carbocycles. The summed E-state index contributed by atoms with van der Waals surface area (Å²) in [6.45, 7) is 1.93. The number of fused-ring (bicyclic) bond motifs is 1. The van der Waals surface area contributed by atoms with Crippen molar-refractivity contribution >= 4 is 28.2 Å². The summed E-state index contributed by atoms with van der Waals surface area (Å²) in [5.41, 5.74) is 10.8. The molecule has 8 heteroatoms. The SMILES string of the molecule is Cc1nc2ccccc2cc1Oc1ccnc(Nc2cccc(CCC(N=N)=NN)c2)c1. The van der Waals surface area contributed by atoms with Crippen LogP contribution < -0.4 is 15.9 Å². The first-order chi connectivity index (χ1) is 15.6. The summed E-state index contributed by atoms with van der Waals surface area (Å²) >= 11 is 0. The minimum absolute atomic E-state index is 0.313. The van der Waals surface area contributed by atoms with E-state index >= 15 is 0 Å². The van der Waals surface area contributed by atoms with Crippen molar-refractivity contribution in [1.29, 1.82) is 5.53 Å². The molecule has 2 aromatic heterocycles. The normalized spacial score (nSPS) is 11.3. The van der Waals surface area contributed by atoms with Gasteiger partial charge < -0.3 is 15.9 Å². The second-order valence-corrected chi connectivity index (χ2v) is 7.23. The van der Waals surface area contributed by atoms with Crippen LogP contribution in [-0.2, 0) is 6.42 Å². The fourth-order valence-corrected chi connectivity index (χ4v) is 3.32. The zero-order valence-electron chi connectivity index (χ0n) is 17.6. The summed E-state index contributed by atoms with van der Waals surface area (Å²) in [5, 5.41) is 11.1. The third kappa shape index (κ3) is 5.04. The Morgan fingerprint density at radius 3 is 2.81 bits per heavy atom. The van der Waals surface area contributed by atoms with E-state index in [4.69, 9.17) is 16.1 Å². The third-order valence-electron chi connectivity index (χ3n) is 4.94. The molecule has 4 rings (SSSR count). The number of nitrogens with one attached hydrogen (secondary N) is 2. The molecule has 4 aromatic rings. The Bertz CT molecular complexity index is 1290. The van der Waals surface area contributed by atoms with Crippen LogP contribution in [0.1, 0.15) is 17.7 Å². The molecule has 0 aliphatic rings. The first kappa shape index (κ1) is 20.9. The Morgan fingerprint density at radius 1 is 1.09 bits per heavy atom. The molecular weight excluding hydrogens is 402 g/mol. The van der Waals surface area contributed by atoms with Gasteiger partial charge in [0, 0.05) is 29.8 Å². The Morgan fingerprint density at radius 2 is 1.97 bits per heavy atom. The highest BCUT2D eigenvalue weighted by molar-refractivity contribution is 5.82. The van der Waals surface area contributed by atoms with Crippen molar-refractivity contribution in [2.75, 3.05) is 5.32 Å². The number of para-hydroxylation sites is 1. The van der Waals surface area contributed by atoms with Crippen LogP contribution in [0.2, 0.25) is 0 Å². The van der Waals surface area contributed by atoms with Gasteiger partial charge in [0.2, 0.25) is 0 Å². The number of benzene rings is 2. The van der Waals surface area contributed by atoms with Gasteiger partial charge in [-0.05, 0) is 49.2 Å². The quantitative estimate of drug-likeness (QED) is 0.115. The molecule has 0 radical (unpaired) electrons. The molecular formula is C24H23N7O. The average molecular weight is 425 g/mol. The number of pyridine rings is 2. The second-order valence-electron chi connectivity index (χ2n) is 7.23. The Kier molecular flexibility index (Phi) is 6.31. The van der Waals surface area contributed by atoms with Crippen LogP contribution in [0.3, 0.4) is 0 Å². The molecule has 0 aliphatic carbocycles. The molecule has 0 bridgehead atoms. The zero-order valence-corrected chi connectivity index (χ0v) is 17.6. The second kappa shape index (κ2) is 9.65. The van der Waals surface area contributed by atoms with Gasteiger partial charge in [-0.1, -0.05) is 30.3 Å². The van der Waals surface area contributed by atoms with Gasteiger partial charge in [-0.15, -0.1) is 5.11 Å². The summed E-state index contributed by atoms with van der Waals surface area (Å²) in [6.07, 6.45) is 2.88. The molecule has 0 atom stereocenters. The molecule has 2 heterocycles. The lowest BCUT2D eigenvalue weighted by atomic mass is 10.1. The Hall–Kier alpha value is -4.33. The number of aromatic nitrogens is 2. The van der Waals surface area contributed by atoms with E-state index in [1.54, 1.807) is 6.20 Å². The number of hydrazone groups is 1. The van der Waals surface area contributed by atoms with Crippen molar-refractivity contribution in [3.05, 3.63) is 84.2 Å². The zero-order chi connectivity index (χ0) is 22.3. The maximum atomic E-state index is 7.05. The number of nitrogens with zero attached hydrogens (tertiary/aromatic N) is 4. The number of amidine groups is 1. The van der Waals surface area contributed by atoms with Gasteiger partial charge in [-0.3, -0.25) is 0 Å². The summed E-state index contributed by atoms with van der Waals surface area (Å²) in [5.74, 6) is 7.57. The highest BCUT2D eigenvalue weighted by Gasteiger charge is 2.07. The lowest BCUT2D eigenvalue weighted by molar-refractivity contribution is 0.476. The highest BCUT2D eigenvalue weighted by atomic mass is 16.5. The van der Waals surface area contributed by atoms with Gasteiger partial charge in [-0.25, -0.2) is 15.5 Å². The molecule has 0 saturated heterocycles. The van der Waals surface area contributed by atoms with E-state index in [1.807, 2.05) is 73.7 Å². The van der Waals surface area contributed by atoms with Gasteiger partial charge in [0.1, 0.15) is 17.3 Å². The Balaban J connectivity index is 1.49. The van der Waals surface area contributed by atoms with Crippen LogP contribution in [0.4, 0.5) is 11.5 Å². The van der Waals surface area contributed by atoms with E-state index in [2.05, 4.69) is 25.5 Å². The first-order valence-corrected chi connectivity index (χ1v) is 10.1. The molecule has 8 nitrogen and oxygen atoms in total. The summed E-state index contributed by atoms with van der Waals surface area (Å²) in [6, 6.07) is 21.6. The number of hydrogen-bond acceptors (Lipinski definition) is 7. The Labute approximate surface area is 185 Å². The maximum absolute atomic E-state index is 7.05.